The SMILES string of the molecule is CCc1c(C)nc2cc([C@@H]3CCCCN3C(=O)c3cc(F)ccc3NS(C)(=O)=O)[nH]n2c1=O. The average Bonchev–Trinajstić information content (AvgIpc) is 3.18. The summed E-state index contributed by atoms with van der Waals surface area (Å²) >= 11 is 0. The van der Waals surface area contributed by atoms with Crippen LogP contribution in [-0.2, 0) is 16.4 Å². The fourth-order valence-corrected chi connectivity index (χ4v) is 4.98. The van der Waals surface area contributed by atoms with Gasteiger partial charge >= 0.3 is 0 Å². The summed E-state index contributed by atoms with van der Waals surface area (Å²) in [4.78, 5) is 32.4. The number of anilines is 1. The molecule has 1 aliphatic heterocycles. The first-order chi connectivity index (χ1) is 15.6. The number of carbonyl (C=O) groups excluding carboxylic acids is 1. The number of amides is 1. The number of H-pyrrole nitrogens is 1. The Bertz CT molecular complexity index is 1400. The second-order valence-corrected chi connectivity index (χ2v) is 10.1. The Labute approximate surface area is 190 Å². The van der Waals surface area contributed by atoms with E-state index < -0.39 is 27.8 Å². The minimum Gasteiger partial charge on any atom is -0.330 e. The molecule has 3 aromatic rings. The van der Waals surface area contributed by atoms with E-state index >= 15 is 0 Å². The molecule has 33 heavy (non-hydrogen) atoms. The number of aromatic amines is 1. The lowest BCUT2D eigenvalue weighted by molar-refractivity contribution is 0.0606. The van der Waals surface area contributed by atoms with Gasteiger partial charge in [-0.05, 0) is 50.8 Å². The topological polar surface area (TPSA) is 117 Å². The molecule has 3 heterocycles. The monoisotopic (exact) mass is 475 g/mol. The maximum Gasteiger partial charge on any atom is 0.276 e. The van der Waals surface area contributed by atoms with Gasteiger partial charge in [0.2, 0.25) is 10.0 Å². The van der Waals surface area contributed by atoms with Gasteiger partial charge in [-0.25, -0.2) is 22.3 Å². The van der Waals surface area contributed by atoms with Crippen molar-refractivity contribution >= 4 is 27.3 Å². The second kappa shape index (κ2) is 8.62. The van der Waals surface area contributed by atoms with Gasteiger partial charge in [-0.15, -0.1) is 0 Å². The third-order valence-corrected chi connectivity index (χ3v) is 6.51. The molecule has 0 aliphatic carbocycles. The number of aromatic nitrogens is 3. The number of sulfonamides is 1. The van der Waals surface area contributed by atoms with Gasteiger partial charge in [-0.1, -0.05) is 6.92 Å². The normalized spacial score (nSPS) is 16.8. The number of benzene rings is 1. The molecular weight excluding hydrogens is 449 g/mol. The first-order valence-corrected chi connectivity index (χ1v) is 12.7. The molecule has 1 saturated heterocycles. The second-order valence-electron chi connectivity index (χ2n) is 8.31. The first-order valence-electron chi connectivity index (χ1n) is 10.8. The quantitative estimate of drug-likeness (QED) is 0.589. The Morgan fingerprint density at radius 3 is 2.76 bits per heavy atom. The molecule has 4 rings (SSSR count). The molecule has 0 bridgehead atoms. The van der Waals surface area contributed by atoms with Crippen molar-refractivity contribution in [1.29, 1.82) is 0 Å². The van der Waals surface area contributed by atoms with E-state index in [0.717, 1.165) is 31.2 Å². The van der Waals surface area contributed by atoms with Crippen LogP contribution in [0.1, 0.15) is 59.5 Å². The van der Waals surface area contributed by atoms with Crippen LogP contribution >= 0.6 is 0 Å². The van der Waals surface area contributed by atoms with Crippen molar-refractivity contribution in [2.75, 3.05) is 17.5 Å². The van der Waals surface area contributed by atoms with Crippen LogP contribution in [0.25, 0.3) is 5.65 Å². The highest BCUT2D eigenvalue weighted by Crippen LogP contribution is 2.33. The Balaban J connectivity index is 1.76. The van der Waals surface area contributed by atoms with Crippen molar-refractivity contribution in [3.8, 4) is 0 Å². The van der Waals surface area contributed by atoms with Crippen LogP contribution in [0, 0.1) is 12.7 Å². The number of rotatable bonds is 5. The van der Waals surface area contributed by atoms with Crippen molar-refractivity contribution < 1.29 is 17.6 Å². The van der Waals surface area contributed by atoms with E-state index in [2.05, 4.69) is 14.8 Å². The largest absolute Gasteiger partial charge is 0.330 e. The van der Waals surface area contributed by atoms with Gasteiger partial charge in [0.15, 0.2) is 5.65 Å². The number of piperidine rings is 1. The van der Waals surface area contributed by atoms with Gasteiger partial charge in [0.05, 0.1) is 29.2 Å². The zero-order chi connectivity index (χ0) is 23.9. The molecule has 1 atom stereocenters. The third-order valence-electron chi connectivity index (χ3n) is 5.92. The highest BCUT2D eigenvalue weighted by Gasteiger charge is 2.32. The minimum absolute atomic E-state index is 0.0194. The highest BCUT2D eigenvalue weighted by atomic mass is 32.2. The van der Waals surface area contributed by atoms with Crippen molar-refractivity contribution in [3.63, 3.8) is 0 Å². The van der Waals surface area contributed by atoms with E-state index in [0.29, 0.717) is 42.0 Å². The number of nitrogens with zero attached hydrogens (tertiary/aromatic N) is 3. The molecular formula is C22H26FN5O4S. The standard InChI is InChI=1S/C22H26FN5O4S/c1-4-15-13(2)24-20-12-18(25-28(20)22(15)30)19-7-5-6-10-27(19)21(29)16-11-14(23)8-9-17(16)26-33(3,31)32/h8-9,11-12,19,25-26H,4-7,10H2,1-3H3/t19-/m0/s1. The summed E-state index contributed by atoms with van der Waals surface area (Å²) < 4.78 is 41.2. The summed E-state index contributed by atoms with van der Waals surface area (Å²) in [5.41, 5.74) is 2.18. The molecule has 9 nitrogen and oxygen atoms in total. The number of hydrogen-bond donors (Lipinski definition) is 2. The van der Waals surface area contributed by atoms with Gasteiger partial charge in [0, 0.05) is 23.9 Å². The first kappa shape index (κ1) is 23.0. The third kappa shape index (κ3) is 4.50. The predicted molar refractivity (Wildman–Crippen MR) is 122 cm³/mol. The number of halogens is 1. The smallest absolute Gasteiger partial charge is 0.276 e. The fraction of sp³-hybridized carbons (Fsp3) is 0.409. The number of hydrogen-bond acceptors (Lipinski definition) is 5. The summed E-state index contributed by atoms with van der Waals surface area (Å²) in [6.45, 7) is 4.10. The summed E-state index contributed by atoms with van der Waals surface area (Å²) in [6.07, 6.45) is 3.78. The molecule has 11 heteroatoms. The molecule has 0 unspecified atom stereocenters. The Hall–Kier alpha value is -3.21. The average molecular weight is 476 g/mol. The molecule has 2 aromatic heterocycles. The Kier molecular flexibility index (Phi) is 6.00. The van der Waals surface area contributed by atoms with Gasteiger partial charge < -0.3 is 4.90 Å². The summed E-state index contributed by atoms with van der Waals surface area (Å²) in [7, 11) is -3.67. The van der Waals surface area contributed by atoms with Crippen LogP contribution in [-0.4, -0.2) is 46.6 Å². The maximum atomic E-state index is 14.0. The van der Waals surface area contributed by atoms with Crippen LogP contribution in [0.4, 0.5) is 10.1 Å². The minimum atomic E-state index is -3.67. The number of fused-ring (bicyclic) bond motifs is 1. The lowest BCUT2D eigenvalue weighted by atomic mass is 9.98. The molecule has 0 saturated carbocycles. The molecule has 2 N–H and O–H groups in total. The summed E-state index contributed by atoms with van der Waals surface area (Å²) in [5, 5.41) is 3.10. The van der Waals surface area contributed by atoms with Crippen LogP contribution in [0.2, 0.25) is 0 Å². The van der Waals surface area contributed by atoms with E-state index in [-0.39, 0.29) is 16.8 Å². The van der Waals surface area contributed by atoms with E-state index in [9.17, 15) is 22.4 Å². The number of aryl methyl sites for hydroxylation is 1. The zero-order valence-corrected chi connectivity index (χ0v) is 19.5. The molecule has 1 aliphatic rings. The van der Waals surface area contributed by atoms with E-state index in [4.69, 9.17) is 0 Å². The molecule has 0 spiro atoms. The molecule has 0 radical (unpaired) electrons. The molecule has 1 amide bonds. The zero-order valence-electron chi connectivity index (χ0n) is 18.7. The van der Waals surface area contributed by atoms with Crippen molar-refractivity contribution in [1.82, 2.24) is 19.5 Å². The molecule has 1 fully saturated rings. The Morgan fingerprint density at radius 2 is 2.06 bits per heavy atom. The van der Waals surface area contributed by atoms with Gasteiger partial charge in [0.1, 0.15) is 5.82 Å². The number of carbonyl (C=O) groups is 1. The summed E-state index contributed by atoms with van der Waals surface area (Å²) in [6, 6.07) is 4.74. The van der Waals surface area contributed by atoms with E-state index in [1.54, 1.807) is 17.9 Å². The lowest BCUT2D eigenvalue weighted by Gasteiger charge is -2.35. The van der Waals surface area contributed by atoms with Crippen LogP contribution in [0.15, 0.2) is 29.1 Å². The highest BCUT2D eigenvalue weighted by molar-refractivity contribution is 7.92. The van der Waals surface area contributed by atoms with Crippen LogP contribution in [0.5, 0.6) is 0 Å². The fourth-order valence-electron chi connectivity index (χ4n) is 4.40. The predicted octanol–water partition coefficient (Wildman–Crippen LogP) is 2.77. The Morgan fingerprint density at radius 1 is 1.30 bits per heavy atom. The lowest BCUT2D eigenvalue weighted by Crippen LogP contribution is -2.39. The van der Waals surface area contributed by atoms with Gasteiger partial charge in [-0.2, -0.15) is 0 Å². The number of nitrogens with one attached hydrogen (secondary N) is 2. The van der Waals surface area contributed by atoms with Gasteiger partial charge in [0.25, 0.3) is 11.5 Å². The van der Waals surface area contributed by atoms with E-state index in [1.807, 2.05) is 6.92 Å². The summed E-state index contributed by atoms with van der Waals surface area (Å²) in [5.74, 6) is -1.13. The van der Waals surface area contributed by atoms with Gasteiger partial charge in [-0.3, -0.25) is 19.4 Å². The molecule has 1 aromatic carbocycles. The van der Waals surface area contributed by atoms with Crippen LogP contribution in [0.3, 0.4) is 0 Å². The van der Waals surface area contributed by atoms with Crippen LogP contribution < -0.4 is 10.3 Å². The van der Waals surface area contributed by atoms with Crippen molar-refractivity contribution in [3.05, 3.63) is 63.0 Å². The van der Waals surface area contributed by atoms with E-state index in [1.165, 1.54) is 10.6 Å². The number of likely N-dealkylation sites (tertiary alicyclic amines) is 1. The molecule has 176 valence electrons. The van der Waals surface area contributed by atoms with Crippen molar-refractivity contribution in [2.24, 2.45) is 0 Å². The van der Waals surface area contributed by atoms with Crippen molar-refractivity contribution in [2.45, 2.75) is 45.6 Å². The maximum absolute atomic E-state index is 14.0.